The first-order chi connectivity index (χ1) is 26.5. The van der Waals surface area contributed by atoms with Gasteiger partial charge in [0.25, 0.3) is 0 Å². The third kappa shape index (κ3) is 10.2. The number of aromatic nitrogens is 8. The van der Waals surface area contributed by atoms with Gasteiger partial charge in [-0.3, -0.25) is 0 Å². The predicted octanol–water partition coefficient (Wildman–Crippen LogP) is 10.1. The van der Waals surface area contributed by atoms with Crippen LogP contribution in [0, 0.1) is 6.92 Å². The van der Waals surface area contributed by atoms with Crippen LogP contribution in [-0.4, -0.2) is 62.9 Å². The normalized spacial score (nSPS) is 11.4. The molecule has 0 aliphatic rings. The number of furan rings is 1. The maximum atomic E-state index is 12.1. The van der Waals surface area contributed by atoms with Crippen molar-refractivity contribution in [2.24, 2.45) is 0 Å². The number of rotatable bonds is 6. The number of anilines is 4. The van der Waals surface area contributed by atoms with Gasteiger partial charge in [0.1, 0.15) is 27.6 Å². The zero-order chi connectivity index (χ0) is 40.2. The molecule has 0 fully saturated rings. The second kappa shape index (κ2) is 16.2. The van der Waals surface area contributed by atoms with Gasteiger partial charge in [-0.1, -0.05) is 35.9 Å². The van der Waals surface area contributed by atoms with Gasteiger partial charge in [-0.25, -0.2) is 24.5 Å². The number of hydrogen-bond acceptors (Lipinski definition) is 13. The van der Waals surface area contributed by atoms with E-state index in [0.29, 0.717) is 33.6 Å². The molecule has 2 N–H and O–H groups in total. The van der Waals surface area contributed by atoms with E-state index in [2.05, 4.69) is 40.8 Å². The molecule has 288 valence electrons. The Morgan fingerprint density at radius 2 is 1.16 bits per heavy atom. The number of carbonyl (C=O) groups excluding carboxylic acids is 2. The minimum absolute atomic E-state index is 0.132. The van der Waals surface area contributed by atoms with E-state index < -0.39 is 23.4 Å². The van der Waals surface area contributed by atoms with E-state index in [1.54, 1.807) is 44.0 Å². The van der Waals surface area contributed by atoms with E-state index >= 15 is 0 Å². The Kier molecular flexibility index (Phi) is 11.4. The Morgan fingerprint density at radius 1 is 0.661 bits per heavy atom. The summed E-state index contributed by atoms with van der Waals surface area (Å²) < 4.78 is 18.4. The van der Waals surface area contributed by atoms with E-state index in [1.165, 1.54) is 15.6 Å². The molecule has 0 bridgehead atoms. The second-order valence-electron chi connectivity index (χ2n) is 14.3. The van der Waals surface area contributed by atoms with Gasteiger partial charge in [0.15, 0.2) is 17.2 Å². The van der Waals surface area contributed by atoms with Crippen molar-refractivity contribution in [3.8, 4) is 22.3 Å². The minimum Gasteiger partial charge on any atom is -0.459 e. The molecule has 0 amide bonds. The van der Waals surface area contributed by atoms with Crippen LogP contribution in [0.1, 0.15) is 47.4 Å². The molecule has 15 nitrogen and oxygen atoms in total. The van der Waals surface area contributed by atoms with Crippen molar-refractivity contribution < 1.29 is 23.5 Å². The van der Waals surface area contributed by atoms with Crippen LogP contribution < -0.4 is 10.6 Å². The van der Waals surface area contributed by atoms with Crippen LogP contribution in [0.4, 0.5) is 32.6 Å². The topological polar surface area (TPSA) is 177 Å². The van der Waals surface area contributed by atoms with Crippen LogP contribution >= 0.6 is 23.2 Å². The van der Waals surface area contributed by atoms with Gasteiger partial charge >= 0.3 is 12.2 Å². The number of nitrogens with zero attached hydrogens (tertiary/aromatic N) is 8. The Labute approximate surface area is 332 Å². The van der Waals surface area contributed by atoms with Gasteiger partial charge in [0.2, 0.25) is 5.28 Å². The van der Waals surface area contributed by atoms with Crippen LogP contribution in [-0.2, 0) is 9.47 Å². The summed E-state index contributed by atoms with van der Waals surface area (Å²) in [5.74, 6) is 1.67. The molecule has 7 aromatic rings. The molecular formula is C39H38Cl2N10O5. The number of aryl methyl sites for hydroxylation is 1. The molecule has 17 heteroatoms. The highest BCUT2D eigenvalue weighted by Gasteiger charge is 2.20. The number of halogens is 2. The summed E-state index contributed by atoms with van der Waals surface area (Å²) in [5.41, 5.74) is 5.03. The molecule has 56 heavy (non-hydrogen) atoms. The smallest absolute Gasteiger partial charge is 0.435 e. The van der Waals surface area contributed by atoms with E-state index in [4.69, 9.17) is 37.1 Å². The Bertz CT molecular complexity index is 2480. The molecule has 0 atom stereocenters. The first-order valence-electron chi connectivity index (χ1n) is 17.2. The first kappa shape index (κ1) is 39.4. The second-order valence-corrected chi connectivity index (χ2v) is 15.0. The van der Waals surface area contributed by atoms with Gasteiger partial charge in [-0.2, -0.15) is 24.5 Å². The summed E-state index contributed by atoms with van der Waals surface area (Å²) in [6.07, 6.45) is 8.57. The fourth-order valence-corrected chi connectivity index (χ4v) is 5.30. The van der Waals surface area contributed by atoms with Crippen molar-refractivity contribution >= 4 is 69.5 Å². The molecule has 0 radical (unpaired) electrons. The van der Waals surface area contributed by atoms with Gasteiger partial charge < -0.3 is 24.5 Å². The van der Waals surface area contributed by atoms with Crippen LogP contribution in [0.25, 0.3) is 33.4 Å². The number of nitrogens with one attached hydrogen (secondary N) is 2. The van der Waals surface area contributed by atoms with Gasteiger partial charge in [-0.05, 0) is 95.5 Å². The lowest BCUT2D eigenvalue weighted by Gasteiger charge is -2.18. The van der Waals surface area contributed by atoms with Crippen molar-refractivity contribution in [3.05, 3.63) is 108 Å². The molecule has 0 saturated heterocycles. The molecule has 0 aliphatic carbocycles. The highest BCUT2D eigenvalue weighted by Crippen LogP contribution is 2.29. The number of carbonyl (C=O) groups is 2. The Balaban J connectivity index is 0.000000190. The van der Waals surface area contributed by atoms with Crippen LogP contribution in [0.3, 0.4) is 0 Å². The third-order valence-corrected chi connectivity index (χ3v) is 7.87. The maximum absolute atomic E-state index is 12.1. The molecular weight excluding hydrogens is 759 g/mol. The predicted molar refractivity (Wildman–Crippen MR) is 214 cm³/mol. The standard InChI is InChI=1S/C20H18ClN5O3.C19H20ClN5O2/c1-20(2,3)29-19(27)26-11-13(10-22-26)12-4-6-14(7-5-12)23-17-16-15(8-9-28-16)24-18(21)25-17;1-12-21-10-16(20)17(23-12)24-15-7-5-13(6-8-15)14-9-22-25(11-14)18(26)27-19(2,3)4/h4-11H,1-3H3,(H,23,24,25);5-11H,1-4H3,(H,21,23,24). The zero-order valence-corrected chi connectivity index (χ0v) is 33.0. The van der Waals surface area contributed by atoms with Crippen molar-refractivity contribution in [2.75, 3.05) is 10.6 Å². The molecule has 5 aromatic heterocycles. The van der Waals surface area contributed by atoms with E-state index in [-0.39, 0.29) is 5.28 Å². The summed E-state index contributed by atoms with van der Waals surface area (Å²) in [6.45, 7) is 12.7. The van der Waals surface area contributed by atoms with Gasteiger partial charge in [0, 0.05) is 41.0 Å². The van der Waals surface area contributed by atoms with E-state index in [1.807, 2.05) is 90.1 Å². The minimum atomic E-state index is -0.584. The van der Waals surface area contributed by atoms with Crippen LogP contribution in [0.15, 0.2) is 96.3 Å². The quantitative estimate of drug-likeness (QED) is 0.152. The summed E-state index contributed by atoms with van der Waals surface area (Å²) in [6, 6.07) is 16.9. The fourth-order valence-electron chi connectivity index (χ4n) is 4.99. The first-order valence-corrected chi connectivity index (χ1v) is 18.0. The van der Waals surface area contributed by atoms with Crippen LogP contribution in [0.5, 0.6) is 0 Å². The summed E-state index contributed by atoms with van der Waals surface area (Å²) in [4.78, 5) is 40.8. The fraction of sp³-hybridized carbons (Fsp3) is 0.231. The average Bonchev–Trinajstić information content (AvgIpc) is 3.91. The van der Waals surface area contributed by atoms with E-state index in [0.717, 1.165) is 33.6 Å². The monoisotopic (exact) mass is 796 g/mol. The molecule has 0 unspecified atom stereocenters. The Morgan fingerprint density at radius 3 is 1.66 bits per heavy atom. The van der Waals surface area contributed by atoms with Crippen LogP contribution in [0.2, 0.25) is 10.3 Å². The van der Waals surface area contributed by atoms with Gasteiger partial charge in [0.05, 0.1) is 24.9 Å². The van der Waals surface area contributed by atoms with Crippen molar-refractivity contribution in [2.45, 2.75) is 59.7 Å². The number of ether oxygens (including phenoxy) is 2. The Hall–Kier alpha value is -6.32. The molecule has 0 saturated carbocycles. The third-order valence-electron chi connectivity index (χ3n) is 7.43. The number of hydrogen-bond donors (Lipinski definition) is 2. The number of benzene rings is 2. The molecule has 0 spiro atoms. The molecule has 7 rings (SSSR count). The van der Waals surface area contributed by atoms with Gasteiger partial charge in [-0.15, -0.1) is 0 Å². The lowest BCUT2D eigenvalue weighted by molar-refractivity contribution is 0.0503. The zero-order valence-electron chi connectivity index (χ0n) is 31.5. The van der Waals surface area contributed by atoms with Crippen molar-refractivity contribution in [3.63, 3.8) is 0 Å². The average molecular weight is 798 g/mol. The highest BCUT2D eigenvalue weighted by atomic mass is 35.5. The summed E-state index contributed by atoms with van der Waals surface area (Å²) in [5, 5.41) is 15.1. The van der Waals surface area contributed by atoms with Crippen molar-refractivity contribution in [1.82, 2.24) is 39.5 Å². The van der Waals surface area contributed by atoms with Crippen molar-refractivity contribution in [1.29, 1.82) is 0 Å². The van der Waals surface area contributed by atoms with E-state index in [9.17, 15) is 9.59 Å². The lowest BCUT2D eigenvalue weighted by Crippen LogP contribution is -2.27. The molecule has 2 aromatic carbocycles. The largest absolute Gasteiger partial charge is 0.459 e. The summed E-state index contributed by atoms with van der Waals surface area (Å²) in [7, 11) is 0. The SMILES string of the molecule is CC(C)(C)OC(=O)n1cc(-c2ccc(Nc3nc(Cl)nc4ccoc34)cc2)cn1.Cc1ncc(Cl)c(Nc2ccc(-c3cnn(C(=O)OC(C)(C)C)c3)cc2)n1. The molecule has 0 aliphatic heterocycles. The molecule has 5 heterocycles. The summed E-state index contributed by atoms with van der Waals surface area (Å²) >= 11 is 12.1. The number of fused-ring (bicyclic) bond motifs is 1. The lowest BCUT2D eigenvalue weighted by atomic mass is 10.1. The maximum Gasteiger partial charge on any atom is 0.435 e. The highest BCUT2D eigenvalue weighted by molar-refractivity contribution is 6.32.